The summed E-state index contributed by atoms with van der Waals surface area (Å²) in [4.78, 5) is 24.7. The lowest BCUT2D eigenvalue weighted by Crippen LogP contribution is -2.48. The summed E-state index contributed by atoms with van der Waals surface area (Å²) in [6.07, 6.45) is 2.27. The second-order valence-corrected chi connectivity index (χ2v) is 7.61. The highest BCUT2D eigenvalue weighted by Crippen LogP contribution is 2.42. The zero-order valence-corrected chi connectivity index (χ0v) is 15.6. The van der Waals surface area contributed by atoms with E-state index < -0.39 is 6.04 Å². The lowest BCUT2D eigenvalue weighted by molar-refractivity contribution is -0.128. The van der Waals surface area contributed by atoms with Gasteiger partial charge in [0.25, 0.3) is 5.91 Å². The molecule has 3 rings (SSSR count). The van der Waals surface area contributed by atoms with Crippen molar-refractivity contribution in [2.45, 2.75) is 38.6 Å². The lowest BCUT2D eigenvalue weighted by atomic mass is 10.0. The maximum atomic E-state index is 12.5. The van der Waals surface area contributed by atoms with Crippen LogP contribution in [-0.2, 0) is 9.59 Å². The van der Waals surface area contributed by atoms with E-state index in [9.17, 15) is 9.59 Å². The van der Waals surface area contributed by atoms with Gasteiger partial charge in [-0.2, -0.15) is 0 Å². The summed E-state index contributed by atoms with van der Waals surface area (Å²) in [6, 6.07) is 8.40. The molecule has 0 spiro atoms. The van der Waals surface area contributed by atoms with Crippen LogP contribution in [0.25, 0.3) is 0 Å². The first-order chi connectivity index (χ1) is 12.5. The molecule has 1 aliphatic rings. The monoisotopic (exact) mass is 374 g/mol. The minimum Gasteiger partial charge on any atom is -0.484 e. The molecule has 26 heavy (non-hydrogen) atoms. The molecule has 7 nitrogen and oxygen atoms in total. The van der Waals surface area contributed by atoms with E-state index in [4.69, 9.17) is 4.74 Å². The van der Waals surface area contributed by atoms with Gasteiger partial charge >= 0.3 is 0 Å². The van der Waals surface area contributed by atoms with Crippen molar-refractivity contribution in [2.75, 3.05) is 11.9 Å². The van der Waals surface area contributed by atoms with Gasteiger partial charge in [0, 0.05) is 5.92 Å². The van der Waals surface area contributed by atoms with E-state index in [0.29, 0.717) is 16.8 Å². The Balaban J connectivity index is 1.53. The van der Waals surface area contributed by atoms with Crippen molar-refractivity contribution in [2.24, 2.45) is 5.92 Å². The molecule has 0 aliphatic heterocycles. The van der Waals surface area contributed by atoms with Crippen LogP contribution in [0.3, 0.4) is 0 Å². The minimum absolute atomic E-state index is 0.0773. The molecule has 0 bridgehead atoms. The van der Waals surface area contributed by atoms with Crippen LogP contribution in [-0.4, -0.2) is 34.7 Å². The smallest absolute Gasteiger partial charge is 0.258 e. The molecule has 1 fully saturated rings. The Morgan fingerprint density at radius 3 is 2.62 bits per heavy atom. The van der Waals surface area contributed by atoms with Crippen molar-refractivity contribution >= 4 is 28.3 Å². The van der Waals surface area contributed by atoms with E-state index in [1.807, 2.05) is 32.0 Å². The first-order valence-electron chi connectivity index (χ1n) is 8.64. The van der Waals surface area contributed by atoms with Crippen LogP contribution in [0.2, 0.25) is 0 Å². The first kappa shape index (κ1) is 18.3. The Bertz CT molecular complexity index is 759. The summed E-state index contributed by atoms with van der Waals surface area (Å²) in [7, 11) is 0. The van der Waals surface area contributed by atoms with E-state index in [0.717, 1.165) is 17.8 Å². The maximum absolute atomic E-state index is 12.5. The summed E-state index contributed by atoms with van der Waals surface area (Å²) in [5.74, 6) is 0.375. The molecule has 1 saturated carbocycles. The van der Waals surface area contributed by atoms with Crippen molar-refractivity contribution in [1.29, 1.82) is 0 Å². The minimum atomic E-state index is -0.671. The van der Waals surface area contributed by atoms with Crippen LogP contribution < -0.4 is 15.4 Å². The average Bonchev–Trinajstić information content (AvgIpc) is 3.38. The largest absolute Gasteiger partial charge is 0.484 e. The van der Waals surface area contributed by atoms with E-state index >= 15 is 0 Å². The fourth-order valence-electron chi connectivity index (χ4n) is 2.38. The molecular weight excluding hydrogens is 352 g/mol. The van der Waals surface area contributed by atoms with Gasteiger partial charge in [-0.3, -0.25) is 14.9 Å². The molecule has 138 valence electrons. The van der Waals surface area contributed by atoms with Crippen LogP contribution in [0, 0.1) is 5.92 Å². The van der Waals surface area contributed by atoms with Gasteiger partial charge in [-0.1, -0.05) is 43.4 Å². The molecule has 1 unspecified atom stereocenters. The number of para-hydroxylation sites is 1. The molecule has 0 saturated heterocycles. The molecule has 1 aromatic heterocycles. The summed E-state index contributed by atoms with van der Waals surface area (Å²) >= 11 is 1.40. The van der Waals surface area contributed by atoms with Gasteiger partial charge in [0.05, 0.1) is 0 Å². The molecule has 2 amide bonds. The van der Waals surface area contributed by atoms with Crippen LogP contribution in [0.1, 0.15) is 37.6 Å². The van der Waals surface area contributed by atoms with Gasteiger partial charge in [0.2, 0.25) is 11.0 Å². The normalized spacial score (nSPS) is 14.7. The average molecular weight is 374 g/mol. The molecular formula is C18H22N4O3S. The standard InChI is InChI=1S/C18H22N4O3S/c1-11(2)15(19-14(23)10-25-13-6-4-3-5-7-13)16(24)20-18-22-21-17(26-18)12-8-9-12/h3-7,11-12,15H,8-10H2,1-2H3,(H,19,23)(H,20,22,24). The van der Waals surface area contributed by atoms with Gasteiger partial charge in [0.15, 0.2) is 6.61 Å². The Hall–Kier alpha value is -2.48. The Morgan fingerprint density at radius 1 is 1.23 bits per heavy atom. The number of anilines is 1. The highest BCUT2D eigenvalue weighted by Gasteiger charge is 2.29. The van der Waals surface area contributed by atoms with Crippen molar-refractivity contribution in [3.63, 3.8) is 0 Å². The highest BCUT2D eigenvalue weighted by atomic mass is 32.1. The number of hydrogen-bond acceptors (Lipinski definition) is 6. The molecule has 2 aromatic rings. The predicted molar refractivity (Wildman–Crippen MR) is 99.2 cm³/mol. The van der Waals surface area contributed by atoms with E-state index in [1.54, 1.807) is 12.1 Å². The fraction of sp³-hybridized carbons (Fsp3) is 0.444. The third kappa shape index (κ3) is 5.01. The third-order valence-corrected chi connectivity index (χ3v) is 4.98. The first-order valence-corrected chi connectivity index (χ1v) is 9.46. The zero-order chi connectivity index (χ0) is 18.5. The molecule has 0 radical (unpaired) electrons. The number of benzene rings is 1. The van der Waals surface area contributed by atoms with Crippen molar-refractivity contribution in [3.05, 3.63) is 35.3 Å². The Labute approximate surface area is 156 Å². The van der Waals surface area contributed by atoms with Crippen molar-refractivity contribution in [3.8, 4) is 5.75 Å². The van der Waals surface area contributed by atoms with Crippen LogP contribution in [0.15, 0.2) is 30.3 Å². The number of carbonyl (C=O) groups excluding carboxylic acids is 2. The van der Waals surface area contributed by atoms with Gasteiger partial charge in [-0.05, 0) is 30.9 Å². The number of amides is 2. The Kier molecular flexibility index (Phi) is 5.82. The topological polar surface area (TPSA) is 93.2 Å². The van der Waals surface area contributed by atoms with Crippen LogP contribution in [0.4, 0.5) is 5.13 Å². The number of nitrogens with one attached hydrogen (secondary N) is 2. The van der Waals surface area contributed by atoms with Crippen LogP contribution >= 0.6 is 11.3 Å². The van der Waals surface area contributed by atoms with Gasteiger partial charge in [-0.15, -0.1) is 10.2 Å². The second kappa shape index (κ2) is 8.27. The SMILES string of the molecule is CC(C)C(NC(=O)COc1ccccc1)C(=O)Nc1nnc(C2CC2)s1. The van der Waals surface area contributed by atoms with Crippen molar-refractivity contribution in [1.82, 2.24) is 15.5 Å². The molecule has 1 aliphatic carbocycles. The molecule has 8 heteroatoms. The number of carbonyl (C=O) groups is 2. The van der Waals surface area contributed by atoms with E-state index in [1.165, 1.54) is 11.3 Å². The molecule has 1 heterocycles. The quantitative estimate of drug-likeness (QED) is 0.741. The Morgan fingerprint density at radius 2 is 1.96 bits per heavy atom. The van der Waals surface area contributed by atoms with Crippen LogP contribution in [0.5, 0.6) is 5.75 Å². The number of aromatic nitrogens is 2. The number of hydrogen-bond donors (Lipinski definition) is 2. The summed E-state index contributed by atoms with van der Waals surface area (Å²) in [6.45, 7) is 3.60. The van der Waals surface area contributed by atoms with E-state index in [-0.39, 0.29) is 24.3 Å². The molecule has 2 N–H and O–H groups in total. The lowest BCUT2D eigenvalue weighted by Gasteiger charge is -2.21. The number of rotatable bonds is 8. The molecule has 1 aromatic carbocycles. The number of ether oxygens (including phenoxy) is 1. The number of nitrogens with zero attached hydrogens (tertiary/aromatic N) is 2. The van der Waals surface area contributed by atoms with Crippen molar-refractivity contribution < 1.29 is 14.3 Å². The van der Waals surface area contributed by atoms with Gasteiger partial charge in [0.1, 0.15) is 16.8 Å². The summed E-state index contributed by atoms with van der Waals surface area (Å²) < 4.78 is 5.42. The summed E-state index contributed by atoms with van der Waals surface area (Å²) in [5, 5.41) is 15.0. The van der Waals surface area contributed by atoms with Gasteiger partial charge in [-0.25, -0.2) is 0 Å². The fourth-order valence-corrected chi connectivity index (χ4v) is 3.29. The highest BCUT2D eigenvalue weighted by molar-refractivity contribution is 7.15. The summed E-state index contributed by atoms with van der Waals surface area (Å²) in [5.41, 5.74) is 0. The third-order valence-electron chi connectivity index (χ3n) is 3.98. The molecule has 1 atom stereocenters. The van der Waals surface area contributed by atoms with Gasteiger partial charge < -0.3 is 10.1 Å². The zero-order valence-electron chi connectivity index (χ0n) is 14.8. The predicted octanol–water partition coefficient (Wildman–Crippen LogP) is 2.57. The second-order valence-electron chi connectivity index (χ2n) is 6.60. The van der Waals surface area contributed by atoms with E-state index in [2.05, 4.69) is 20.8 Å². The maximum Gasteiger partial charge on any atom is 0.258 e.